The summed E-state index contributed by atoms with van der Waals surface area (Å²) in [4.78, 5) is 12.5. The minimum absolute atomic E-state index is 0.0555. The molecule has 134 valence electrons. The fraction of sp³-hybridized carbons (Fsp3) is 0.235. The molecule has 0 fully saturated rings. The van der Waals surface area contributed by atoms with Gasteiger partial charge in [-0.05, 0) is 48.4 Å². The Hall–Kier alpha value is -1.77. The number of carbonyl (C=O) groups excluding carboxylic acids is 1. The number of hydrogen-bond acceptors (Lipinski definition) is 3. The lowest BCUT2D eigenvalue weighted by atomic mass is 10.0. The fourth-order valence-electron chi connectivity index (χ4n) is 2.13. The van der Waals surface area contributed by atoms with Gasteiger partial charge in [0.25, 0.3) is 0 Å². The van der Waals surface area contributed by atoms with Crippen molar-refractivity contribution in [2.24, 2.45) is 5.92 Å². The quantitative estimate of drug-likeness (QED) is 0.738. The van der Waals surface area contributed by atoms with E-state index in [9.17, 15) is 17.6 Å². The highest BCUT2D eigenvalue weighted by molar-refractivity contribution is 9.10. The Kier molecular flexibility index (Phi) is 6.31. The van der Waals surface area contributed by atoms with Crippen molar-refractivity contribution in [3.63, 3.8) is 0 Å². The van der Waals surface area contributed by atoms with Crippen LogP contribution < -0.4 is 10.0 Å². The number of nitrogens with one attached hydrogen (secondary N) is 2. The van der Waals surface area contributed by atoms with Crippen molar-refractivity contribution >= 4 is 37.5 Å². The minimum atomic E-state index is -3.87. The second-order valence-corrected chi connectivity index (χ2v) is 8.43. The van der Waals surface area contributed by atoms with Crippen molar-refractivity contribution in [3.05, 3.63) is 58.8 Å². The molecule has 2 N–H and O–H groups in total. The smallest absolute Gasteiger partial charge is 0.242 e. The number of rotatable bonds is 6. The van der Waals surface area contributed by atoms with Gasteiger partial charge in [0, 0.05) is 10.2 Å². The second-order valence-electron chi connectivity index (χ2n) is 5.80. The van der Waals surface area contributed by atoms with Crippen molar-refractivity contribution in [2.45, 2.75) is 24.8 Å². The summed E-state index contributed by atoms with van der Waals surface area (Å²) in [6.45, 7) is 3.44. The maximum Gasteiger partial charge on any atom is 0.242 e. The molecular formula is C17H18BrFN2O3S. The first-order chi connectivity index (χ1) is 11.7. The zero-order chi connectivity index (χ0) is 18.6. The molecule has 0 aliphatic carbocycles. The molecular weight excluding hydrogens is 411 g/mol. The zero-order valence-corrected chi connectivity index (χ0v) is 16.1. The Morgan fingerprint density at radius 3 is 2.32 bits per heavy atom. The molecule has 0 aromatic heterocycles. The van der Waals surface area contributed by atoms with Crippen LogP contribution in [0, 0.1) is 11.7 Å². The lowest BCUT2D eigenvalue weighted by molar-refractivity contribution is -0.118. The molecule has 2 aromatic carbocycles. The summed E-state index contributed by atoms with van der Waals surface area (Å²) < 4.78 is 41.4. The van der Waals surface area contributed by atoms with Crippen LogP contribution in [-0.4, -0.2) is 20.4 Å². The molecule has 8 heteroatoms. The van der Waals surface area contributed by atoms with Crippen LogP contribution in [0.15, 0.2) is 57.9 Å². The van der Waals surface area contributed by atoms with Gasteiger partial charge in [0.05, 0.1) is 4.90 Å². The largest absolute Gasteiger partial charge is 0.325 e. The van der Waals surface area contributed by atoms with E-state index in [1.807, 2.05) is 0 Å². The third-order valence-electron chi connectivity index (χ3n) is 3.45. The highest BCUT2D eigenvalue weighted by Gasteiger charge is 2.28. The van der Waals surface area contributed by atoms with Crippen molar-refractivity contribution in [1.82, 2.24) is 4.72 Å². The standard InChI is InChI=1S/C17H18BrFN2O3S/c1-11(2)16(17(22)20-14-5-3-4-13(19)10-14)21-25(23,24)15-8-6-12(18)7-9-15/h3-11,16,21H,1-2H3,(H,20,22)/t16-/m1/s1. The van der Waals surface area contributed by atoms with Gasteiger partial charge in [0.15, 0.2) is 0 Å². The van der Waals surface area contributed by atoms with Crippen LogP contribution in [0.25, 0.3) is 0 Å². The van der Waals surface area contributed by atoms with Gasteiger partial charge in [-0.25, -0.2) is 12.8 Å². The summed E-state index contributed by atoms with van der Waals surface area (Å²) in [5.41, 5.74) is 0.262. The number of hydrogen-bond donors (Lipinski definition) is 2. The van der Waals surface area contributed by atoms with Crippen LogP contribution in [0.1, 0.15) is 13.8 Å². The predicted molar refractivity (Wildman–Crippen MR) is 98.1 cm³/mol. The molecule has 1 atom stereocenters. The van der Waals surface area contributed by atoms with Crippen LogP contribution in [0.2, 0.25) is 0 Å². The summed E-state index contributed by atoms with van der Waals surface area (Å²) >= 11 is 3.24. The number of halogens is 2. The van der Waals surface area contributed by atoms with E-state index in [1.54, 1.807) is 26.0 Å². The first kappa shape index (κ1) is 19.6. The van der Waals surface area contributed by atoms with Crippen LogP contribution >= 0.6 is 15.9 Å². The number of amides is 1. The zero-order valence-electron chi connectivity index (χ0n) is 13.7. The van der Waals surface area contributed by atoms with Crippen molar-refractivity contribution in [1.29, 1.82) is 0 Å². The average molecular weight is 429 g/mol. The Labute approximate surface area is 154 Å². The lowest BCUT2D eigenvalue weighted by Gasteiger charge is -2.21. The summed E-state index contributed by atoms with van der Waals surface area (Å²) in [7, 11) is -3.87. The topological polar surface area (TPSA) is 75.3 Å². The number of carbonyl (C=O) groups is 1. The van der Waals surface area contributed by atoms with Crippen LogP contribution in [0.5, 0.6) is 0 Å². The van der Waals surface area contributed by atoms with E-state index in [-0.39, 0.29) is 16.5 Å². The molecule has 0 bridgehead atoms. The summed E-state index contributed by atoms with van der Waals surface area (Å²) in [5, 5.41) is 2.53. The lowest BCUT2D eigenvalue weighted by Crippen LogP contribution is -2.47. The summed E-state index contributed by atoms with van der Waals surface area (Å²) in [6.07, 6.45) is 0. The van der Waals surface area contributed by atoms with Gasteiger partial charge < -0.3 is 5.32 Å². The third kappa shape index (κ3) is 5.35. The monoisotopic (exact) mass is 428 g/mol. The molecule has 1 amide bonds. The molecule has 0 saturated carbocycles. The first-order valence-corrected chi connectivity index (χ1v) is 9.81. The Bertz CT molecular complexity index is 854. The SMILES string of the molecule is CC(C)[C@@H](NS(=O)(=O)c1ccc(Br)cc1)C(=O)Nc1cccc(F)c1. The maximum absolute atomic E-state index is 13.2. The van der Waals surface area contributed by atoms with Crippen LogP contribution in [-0.2, 0) is 14.8 Å². The average Bonchev–Trinajstić information content (AvgIpc) is 2.52. The molecule has 0 aliphatic rings. The minimum Gasteiger partial charge on any atom is -0.325 e. The molecule has 0 saturated heterocycles. The molecule has 0 spiro atoms. The van der Waals surface area contributed by atoms with E-state index in [0.717, 1.165) is 4.47 Å². The first-order valence-electron chi connectivity index (χ1n) is 7.53. The van der Waals surface area contributed by atoms with Gasteiger partial charge in [-0.1, -0.05) is 35.8 Å². The van der Waals surface area contributed by atoms with E-state index in [1.165, 1.54) is 36.4 Å². The van der Waals surface area contributed by atoms with Crippen molar-refractivity contribution in [3.8, 4) is 0 Å². The highest BCUT2D eigenvalue weighted by atomic mass is 79.9. The Morgan fingerprint density at radius 2 is 1.76 bits per heavy atom. The van der Waals surface area contributed by atoms with E-state index >= 15 is 0 Å². The third-order valence-corrected chi connectivity index (χ3v) is 5.43. The van der Waals surface area contributed by atoms with E-state index in [4.69, 9.17) is 0 Å². The molecule has 25 heavy (non-hydrogen) atoms. The van der Waals surface area contributed by atoms with Crippen LogP contribution in [0.4, 0.5) is 10.1 Å². The van der Waals surface area contributed by atoms with Gasteiger partial charge in [0.2, 0.25) is 15.9 Å². The maximum atomic E-state index is 13.2. The van der Waals surface area contributed by atoms with E-state index in [2.05, 4.69) is 26.0 Å². The van der Waals surface area contributed by atoms with Crippen LogP contribution in [0.3, 0.4) is 0 Å². The van der Waals surface area contributed by atoms with Gasteiger partial charge >= 0.3 is 0 Å². The number of benzene rings is 2. The van der Waals surface area contributed by atoms with Gasteiger partial charge in [-0.2, -0.15) is 4.72 Å². The molecule has 2 rings (SSSR count). The predicted octanol–water partition coefficient (Wildman–Crippen LogP) is 3.53. The van der Waals surface area contributed by atoms with Gasteiger partial charge in [0.1, 0.15) is 11.9 Å². The van der Waals surface area contributed by atoms with E-state index < -0.39 is 27.8 Å². The molecule has 0 heterocycles. The fourth-order valence-corrected chi connectivity index (χ4v) is 3.74. The second kappa shape index (κ2) is 8.07. The molecule has 5 nitrogen and oxygen atoms in total. The molecule has 0 aliphatic heterocycles. The van der Waals surface area contributed by atoms with Crippen molar-refractivity contribution in [2.75, 3.05) is 5.32 Å². The van der Waals surface area contributed by atoms with E-state index in [0.29, 0.717) is 0 Å². The summed E-state index contributed by atoms with van der Waals surface area (Å²) in [5.74, 6) is -1.35. The van der Waals surface area contributed by atoms with Gasteiger partial charge in [-0.3, -0.25) is 4.79 Å². The van der Waals surface area contributed by atoms with Crippen molar-refractivity contribution < 1.29 is 17.6 Å². The number of anilines is 1. The molecule has 0 radical (unpaired) electrons. The summed E-state index contributed by atoms with van der Waals surface area (Å²) in [6, 6.07) is 10.5. The normalized spacial score (nSPS) is 12.8. The number of sulfonamides is 1. The Morgan fingerprint density at radius 1 is 1.12 bits per heavy atom. The molecule has 0 unspecified atom stereocenters. The molecule has 2 aromatic rings. The Balaban J connectivity index is 2.19. The highest BCUT2D eigenvalue weighted by Crippen LogP contribution is 2.17. The van der Waals surface area contributed by atoms with Gasteiger partial charge in [-0.15, -0.1) is 0 Å².